The van der Waals surface area contributed by atoms with Crippen molar-refractivity contribution in [1.82, 2.24) is 5.16 Å². The number of rotatable bonds is 2. The smallest absolute Gasteiger partial charge is 0.134 e. The van der Waals surface area contributed by atoms with Crippen LogP contribution in [0.15, 0.2) is 28.8 Å². The molecule has 3 heteroatoms. The lowest BCUT2D eigenvalue weighted by atomic mass is 10.1. The number of methoxy groups -OCH3 is 1. The number of aryl methyl sites for hydroxylation is 2. The monoisotopic (exact) mass is 203 g/mol. The van der Waals surface area contributed by atoms with Gasteiger partial charge in [-0.3, -0.25) is 0 Å². The van der Waals surface area contributed by atoms with Crippen molar-refractivity contribution in [3.63, 3.8) is 0 Å². The molecule has 1 heterocycles. The fraction of sp³-hybridized carbons (Fsp3) is 0.250. The lowest BCUT2D eigenvalue weighted by Gasteiger charge is -2.04. The molecule has 0 radical (unpaired) electrons. The molecule has 0 aliphatic heterocycles. The van der Waals surface area contributed by atoms with E-state index in [1.165, 1.54) is 0 Å². The first-order valence-electron chi connectivity index (χ1n) is 4.79. The minimum Gasteiger partial charge on any atom is -0.497 e. The predicted octanol–water partition coefficient (Wildman–Crippen LogP) is 2.97. The number of aromatic nitrogens is 1. The second kappa shape index (κ2) is 3.77. The van der Waals surface area contributed by atoms with Crippen molar-refractivity contribution in [2.45, 2.75) is 13.8 Å². The van der Waals surface area contributed by atoms with E-state index in [1.807, 2.05) is 38.1 Å². The van der Waals surface area contributed by atoms with Crippen molar-refractivity contribution in [3.05, 3.63) is 35.6 Å². The van der Waals surface area contributed by atoms with Crippen LogP contribution in [0.5, 0.6) is 5.75 Å². The van der Waals surface area contributed by atoms with Crippen LogP contribution >= 0.6 is 0 Å². The van der Waals surface area contributed by atoms with Crippen LogP contribution in [-0.4, -0.2) is 12.3 Å². The maximum atomic E-state index is 5.15. The van der Waals surface area contributed by atoms with Gasteiger partial charge in [0.2, 0.25) is 0 Å². The van der Waals surface area contributed by atoms with Crippen LogP contribution in [0.2, 0.25) is 0 Å². The van der Waals surface area contributed by atoms with E-state index in [1.54, 1.807) is 7.11 Å². The average Bonchev–Trinajstić information content (AvgIpc) is 2.64. The van der Waals surface area contributed by atoms with Gasteiger partial charge in [0.25, 0.3) is 0 Å². The third-order valence-corrected chi connectivity index (χ3v) is 2.34. The van der Waals surface area contributed by atoms with Crippen LogP contribution in [0.4, 0.5) is 0 Å². The van der Waals surface area contributed by atoms with E-state index in [2.05, 4.69) is 5.16 Å². The summed E-state index contributed by atoms with van der Waals surface area (Å²) >= 11 is 0. The minimum absolute atomic E-state index is 0.820. The molecule has 3 nitrogen and oxygen atoms in total. The highest BCUT2D eigenvalue weighted by atomic mass is 16.5. The van der Waals surface area contributed by atoms with Crippen molar-refractivity contribution in [2.24, 2.45) is 0 Å². The Morgan fingerprint density at radius 2 is 2.00 bits per heavy atom. The lowest BCUT2D eigenvalue weighted by Crippen LogP contribution is -1.87. The Hall–Kier alpha value is -1.77. The molecule has 0 spiro atoms. The van der Waals surface area contributed by atoms with Gasteiger partial charge in [-0.2, -0.15) is 0 Å². The third-order valence-electron chi connectivity index (χ3n) is 2.34. The van der Waals surface area contributed by atoms with Crippen LogP contribution in [0.3, 0.4) is 0 Å². The maximum absolute atomic E-state index is 5.15. The van der Waals surface area contributed by atoms with Crippen LogP contribution in [0.1, 0.15) is 11.3 Å². The van der Waals surface area contributed by atoms with Gasteiger partial charge in [0, 0.05) is 11.6 Å². The van der Waals surface area contributed by atoms with Gasteiger partial charge in [-0.25, -0.2) is 0 Å². The van der Waals surface area contributed by atoms with E-state index in [0.717, 1.165) is 28.3 Å². The van der Waals surface area contributed by atoms with Crippen molar-refractivity contribution in [3.8, 4) is 17.0 Å². The first-order chi connectivity index (χ1) is 7.20. The Labute approximate surface area is 88.7 Å². The van der Waals surface area contributed by atoms with Crippen molar-refractivity contribution >= 4 is 0 Å². The lowest BCUT2D eigenvalue weighted by molar-refractivity contribution is 0.399. The summed E-state index contributed by atoms with van der Waals surface area (Å²) in [5.41, 5.74) is 3.07. The Kier molecular flexibility index (Phi) is 2.46. The Morgan fingerprint density at radius 3 is 2.53 bits per heavy atom. The first-order valence-corrected chi connectivity index (χ1v) is 4.79. The van der Waals surface area contributed by atoms with E-state index in [-0.39, 0.29) is 0 Å². The molecule has 0 saturated heterocycles. The van der Waals surface area contributed by atoms with Gasteiger partial charge in [-0.05, 0) is 37.6 Å². The topological polar surface area (TPSA) is 35.3 Å². The highest BCUT2D eigenvalue weighted by Gasteiger charge is 2.07. The van der Waals surface area contributed by atoms with Crippen LogP contribution in [0.25, 0.3) is 11.3 Å². The van der Waals surface area contributed by atoms with E-state index in [0.29, 0.717) is 0 Å². The molecule has 2 rings (SSSR count). The summed E-state index contributed by atoms with van der Waals surface area (Å²) < 4.78 is 10.2. The van der Waals surface area contributed by atoms with Gasteiger partial charge in [0.15, 0.2) is 0 Å². The van der Waals surface area contributed by atoms with E-state index < -0.39 is 0 Å². The van der Waals surface area contributed by atoms with Gasteiger partial charge >= 0.3 is 0 Å². The minimum atomic E-state index is 0.820. The molecule has 0 aliphatic carbocycles. The second-order valence-corrected chi connectivity index (χ2v) is 3.50. The van der Waals surface area contributed by atoms with Gasteiger partial charge in [-0.1, -0.05) is 5.16 Å². The summed E-state index contributed by atoms with van der Waals surface area (Å²) in [4.78, 5) is 0. The summed E-state index contributed by atoms with van der Waals surface area (Å²) in [5, 5.41) is 3.99. The quantitative estimate of drug-likeness (QED) is 0.752. The molecule has 0 amide bonds. The van der Waals surface area contributed by atoms with Crippen LogP contribution in [-0.2, 0) is 0 Å². The normalized spacial score (nSPS) is 10.3. The molecule has 0 fully saturated rings. The molecule has 0 N–H and O–H groups in total. The van der Waals surface area contributed by atoms with Crippen molar-refractivity contribution in [1.29, 1.82) is 0 Å². The summed E-state index contributed by atoms with van der Waals surface area (Å²) in [6.45, 7) is 3.91. The zero-order valence-electron chi connectivity index (χ0n) is 9.07. The molecule has 2 aromatic rings. The van der Waals surface area contributed by atoms with E-state index >= 15 is 0 Å². The van der Waals surface area contributed by atoms with Gasteiger partial charge in [-0.15, -0.1) is 0 Å². The fourth-order valence-electron chi connectivity index (χ4n) is 1.54. The number of benzene rings is 1. The summed E-state index contributed by atoms with van der Waals surface area (Å²) in [7, 11) is 1.66. The Balaban J connectivity index is 2.45. The van der Waals surface area contributed by atoms with Gasteiger partial charge < -0.3 is 9.26 Å². The Morgan fingerprint density at radius 1 is 1.20 bits per heavy atom. The largest absolute Gasteiger partial charge is 0.497 e. The van der Waals surface area contributed by atoms with Crippen LogP contribution in [0, 0.1) is 13.8 Å². The number of hydrogen-bond donors (Lipinski definition) is 0. The highest BCUT2D eigenvalue weighted by Crippen LogP contribution is 2.26. The second-order valence-electron chi connectivity index (χ2n) is 3.50. The molecule has 0 atom stereocenters. The molecule has 0 saturated carbocycles. The van der Waals surface area contributed by atoms with Crippen molar-refractivity contribution < 1.29 is 9.26 Å². The molecular weight excluding hydrogens is 190 g/mol. The van der Waals surface area contributed by atoms with E-state index in [4.69, 9.17) is 9.26 Å². The molecule has 1 aromatic carbocycles. The molecule has 0 unspecified atom stereocenters. The average molecular weight is 203 g/mol. The molecule has 1 aromatic heterocycles. The highest BCUT2D eigenvalue weighted by molar-refractivity contribution is 5.64. The number of ether oxygens (including phenoxy) is 1. The SMILES string of the molecule is COc1ccc(-c2cc(C)on2)c(C)c1. The molecule has 15 heavy (non-hydrogen) atoms. The molecular formula is C12H13NO2. The fourth-order valence-corrected chi connectivity index (χ4v) is 1.54. The molecule has 0 aliphatic rings. The first kappa shape index (κ1) is 9.77. The zero-order valence-corrected chi connectivity index (χ0v) is 9.07. The van der Waals surface area contributed by atoms with Crippen LogP contribution < -0.4 is 4.74 Å². The zero-order chi connectivity index (χ0) is 10.8. The van der Waals surface area contributed by atoms with E-state index in [9.17, 15) is 0 Å². The van der Waals surface area contributed by atoms with Crippen molar-refractivity contribution in [2.75, 3.05) is 7.11 Å². The summed E-state index contributed by atoms with van der Waals surface area (Å²) in [6, 6.07) is 7.83. The predicted molar refractivity (Wildman–Crippen MR) is 58.0 cm³/mol. The molecule has 78 valence electrons. The third kappa shape index (κ3) is 1.86. The van der Waals surface area contributed by atoms with Gasteiger partial charge in [0.1, 0.15) is 17.2 Å². The maximum Gasteiger partial charge on any atom is 0.134 e. The summed E-state index contributed by atoms with van der Waals surface area (Å²) in [5.74, 6) is 1.68. The number of hydrogen-bond acceptors (Lipinski definition) is 3. The summed E-state index contributed by atoms with van der Waals surface area (Å²) in [6.07, 6.45) is 0. The van der Waals surface area contributed by atoms with Gasteiger partial charge in [0.05, 0.1) is 7.11 Å². The number of nitrogens with zero attached hydrogens (tertiary/aromatic N) is 1. The molecule has 0 bridgehead atoms. The standard InChI is InChI=1S/C12H13NO2/c1-8-6-10(14-3)4-5-11(8)12-7-9(2)15-13-12/h4-7H,1-3H3. The Bertz CT molecular complexity index is 474.